The van der Waals surface area contributed by atoms with Gasteiger partial charge in [0.1, 0.15) is 12.2 Å². The van der Waals surface area contributed by atoms with Crippen LogP contribution in [0.15, 0.2) is 51.7 Å². The van der Waals surface area contributed by atoms with Gasteiger partial charge in [-0.2, -0.15) is 13.2 Å². The van der Waals surface area contributed by atoms with Crippen LogP contribution in [0.1, 0.15) is 12.1 Å². The minimum Gasteiger partial charge on any atom is -0.477 e. The van der Waals surface area contributed by atoms with Crippen molar-refractivity contribution in [3.63, 3.8) is 0 Å². The highest BCUT2D eigenvalue weighted by Crippen LogP contribution is 2.29. The van der Waals surface area contributed by atoms with Gasteiger partial charge in [-0.1, -0.05) is 18.2 Å². The van der Waals surface area contributed by atoms with E-state index in [1.165, 1.54) is 16.7 Å². The molecular formula is C20H18F3N3O4. The summed E-state index contributed by atoms with van der Waals surface area (Å²) in [5.74, 6) is -0.975. The number of amides is 1. The standard InChI is InChI=1S/C20H18F3N3O4/c21-20(22,23)16-6-3-7-17(24-16)29-12-13-8-9-25(10-13)18(27)11-26-14-4-1-2-5-15(14)30-19(26)28/h1-7,13H,8-12H2. The Labute approximate surface area is 168 Å². The molecule has 2 aromatic heterocycles. The zero-order valence-corrected chi connectivity index (χ0v) is 15.8. The molecule has 1 saturated heterocycles. The Morgan fingerprint density at radius 1 is 1.20 bits per heavy atom. The molecule has 1 aliphatic heterocycles. The van der Waals surface area contributed by atoms with Gasteiger partial charge in [0.15, 0.2) is 5.58 Å². The van der Waals surface area contributed by atoms with Gasteiger partial charge >= 0.3 is 11.9 Å². The lowest BCUT2D eigenvalue weighted by Gasteiger charge is -2.17. The molecule has 1 aromatic carbocycles. The van der Waals surface area contributed by atoms with Crippen LogP contribution in [-0.4, -0.2) is 40.1 Å². The van der Waals surface area contributed by atoms with E-state index in [0.29, 0.717) is 30.6 Å². The molecule has 3 aromatic rings. The topological polar surface area (TPSA) is 77.6 Å². The van der Waals surface area contributed by atoms with Crippen molar-refractivity contribution >= 4 is 17.0 Å². The van der Waals surface area contributed by atoms with Gasteiger partial charge in [0, 0.05) is 25.1 Å². The Morgan fingerprint density at radius 3 is 2.80 bits per heavy atom. The quantitative estimate of drug-likeness (QED) is 0.633. The number of alkyl halides is 3. The highest BCUT2D eigenvalue weighted by Gasteiger charge is 2.33. The van der Waals surface area contributed by atoms with E-state index in [1.54, 1.807) is 29.2 Å². The van der Waals surface area contributed by atoms with Gasteiger partial charge in [-0.15, -0.1) is 0 Å². The van der Waals surface area contributed by atoms with Crippen molar-refractivity contribution in [2.24, 2.45) is 5.92 Å². The number of fused-ring (bicyclic) bond motifs is 1. The smallest absolute Gasteiger partial charge is 0.433 e. The molecular weight excluding hydrogens is 403 g/mol. The number of ether oxygens (including phenoxy) is 1. The van der Waals surface area contributed by atoms with E-state index in [4.69, 9.17) is 9.15 Å². The number of nitrogens with zero attached hydrogens (tertiary/aromatic N) is 3. The van der Waals surface area contributed by atoms with Gasteiger partial charge < -0.3 is 14.1 Å². The van der Waals surface area contributed by atoms with Crippen molar-refractivity contribution in [3.05, 3.63) is 58.7 Å². The Balaban J connectivity index is 1.35. The first-order valence-electron chi connectivity index (χ1n) is 9.34. The summed E-state index contributed by atoms with van der Waals surface area (Å²) in [6.07, 6.45) is -3.89. The minimum atomic E-state index is -4.54. The highest BCUT2D eigenvalue weighted by atomic mass is 19.4. The molecule has 1 unspecified atom stereocenters. The number of carbonyl (C=O) groups excluding carboxylic acids is 1. The molecule has 4 rings (SSSR count). The monoisotopic (exact) mass is 421 g/mol. The van der Waals surface area contributed by atoms with Crippen LogP contribution in [0.4, 0.5) is 13.2 Å². The number of oxazole rings is 1. The van der Waals surface area contributed by atoms with Crippen molar-refractivity contribution in [3.8, 4) is 5.88 Å². The summed E-state index contributed by atoms with van der Waals surface area (Å²) in [5.41, 5.74) is -0.0526. The molecule has 1 aliphatic rings. The maximum Gasteiger partial charge on any atom is 0.433 e. The second-order valence-corrected chi connectivity index (χ2v) is 7.09. The fourth-order valence-electron chi connectivity index (χ4n) is 3.45. The maximum absolute atomic E-state index is 12.7. The van der Waals surface area contributed by atoms with E-state index in [-0.39, 0.29) is 30.9 Å². The normalized spacial score (nSPS) is 16.9. The Bertz CT molecular complexity index is 1120. The first kappa shape index (κ1) is 20.0. The van der Waals surface area contributed by atoms with Gasteiger partial charge in [0.2, 0.25) is 11.8 Å². The van der Waals surface area contributed by atoms with E-state index in [1.807, 2.05) is 0 Å². The van der Waals surface area contributed by atoms with E-state index < -0.39 is 17.6 Å². The molecule has 0 N–H and O–H groups in total. The second kappa shape index (κ2) is 7.85. The maximum atomic E-state index is 12.7. The number of rotatable bonds is 5. The molecule has 0 aliphatic carbocycles. The summed E-state index contributed by atoms with van der Waals surface area (Å²) in [7, 11) is 0. The van der Waals surface area contributed by atoms with Gasteiger partial charge in [0.25, 0.3) is 0 Å². The van der Waals surface area contributed by atoms with E-state index in [9.17, 15) is 22.8 Å². The summed E-state index contributed by atoms with van der Waals surface area (Å²) in [6, 6.07) is 10.3. The van der Waals surface area contributed by atoms with Gasteiger partial charge in [-0.3, -0.25) is 9.36 Å². The minimum absolute atomic E-state index is 0.0388. The van der Waals surface area contributed by atoms with Crippen molar-refractivity contribution in [1.82, 2.24) is 14.5 Å². The number of pyridine rings is 1. The molecule has 1 atom stereocenters. The number of para-hydroxylation sites is 2. The van der Waals surface area contributed by atoms with E-state index >= 15 is 0 Å². The van der Waals surface area contributed by atoms with Crippen LogP contribution in [0.2, 0.25) is 0 Å². The first-order chi connectivity index (χ1) is 14.3. The summed E-state index contributed by atoms with van der Waals surface area (Å²) in [4.78, 5) is 29.7. The number of hydrogen-bond donors (Lipinski definition) is 0. The van der Waals surface area contributed by atoms with Crippen LogP contribution >= 0.6 is 0 Å². The zero-order valence-electron chi connectivity index (χ0n) is 15.8. The van der Waals surface area contributed by atoms with Crippen molar-refractivity contribution < 1.29 is 27.1 Å². The van der Waals surface area contributed by atoms with Crippen molar-refractivity contribution in [1.29, 1.82) is 0 Å². The largest absolute Gasteiger partial charge is 0.477 e. The van der Waals surface area contributed by atoms with Gasteiger partial charge in [0.05, 0.1) is 12.1 Å². The second-order valence-electron chi connectivity index (χ2n) is 7.09. The van der Waals surface area contributed by atoms with Gasteiger partial charge in [-0.25, -0.2) is 9.78 Å². The number of halogens is 3. The van der Waals surface area contributed by atoms with E-state index in [2.05, 4.69) is 4.98 Å². The molecule has 1 amide bonds. The lowest BCUT2D eigenvalue weighted by Crippen LogP contribution is -2.34. The predicted octanol–water partition coefficient (Wildman–Crippen LogP) is 2.94. The van der Waals surface area contributed by atoms with Crippen LogP contribution in [0.25, 0.3) is 11.1 Å². The number of carbonyl (C=O) groups is 1. The summed E-state index contributed by atoms with van der Waals surface area (Å²) in [6.45, 7) is 0.876. The number of likely N-dealkylation sites (tertiary alicyclic amines) is 1. The molecule has 0 bridgehead atoms. The average Bonchev–Trinajstić information content (AvgIpc) is 3.31. The molecule has 30 heavy (non-hydrogen) atoms. The summed E-state index contributed by atoms with van der Waals surface area (Å²) in [5, 5.41) is 0. The molecule has 0 saturated carbocycles. The summed E-state index contributed by atoms with van der Waals surface area (Å²) < 4.78 is 50.0. The highest BCUT2D eigenvalue weighted by molar-refractivity contribution is 5.79. The third-order valence-electron chi connectivity index (χ3n) is 4.99. The Kier molecular flexibility index (Phi) is 5.23. The molecule has 10 heteroatoms. The third-order valence-corrected chi connectivity index (χ3v) is 4.99. The van der Waals surface area contributed by atoms with Crippen LogP contribution in [0.5, 0.6) is 5.88 Å². The molecule has 3 heterocycles. The molecule has 158 valence electrons. The number of benzene rings is 1. The first-order valence-corrected chi connectivity index (χ1v) is 9.34. The van der Waals surface area contributed by atoms with Crippen LogP contribution in [0.3, 0.4) is 0 Å². The zero-order chi connectivity index (χ0) is 21.3. The molecule has 7 nitrogen and oxygen atoms in total. The van der Waals surface area contributed by atoms with E-state index in [0.717, 1.165) is 6.07 Å². The lowest BCUT2D eigenvalue weighted by molar-refractivity contribution is -0.141. The lowest BCUT2D eigenvalue weighted by atomic mass is 10.1. The van der Waals surface area contributed by atoms with Crippen molar-refractivity contribution in [2.45, 2.75) is 19.1 Å². The van der Waals surface area contributed by atoms with Crippen molar-refractivity contribution in [2.75, 3.05) is 19.7 Å². The number of aromatic nitrogens is 2. The fraction of sp³-hybridized carbons (Fsp3) is 0.350. The molecule has 0 radical (unpaired) electrons. The Morgan fingerprint density at radius 2 is 2.00 bits per heavy atom. The van der Waals surface area contributed by atoms with Gasteiger partial charge in [-0.05, 0) is 24.6 Å². The van der Waals surface area contributed by atoms with Crippen LogP contribution in [-0.2, 0) is 17.5 Å². The Hall–Kier alpha value is -3.30. The molecule has 1 fully saturated rings. The number of hydrogen-bond acceptors (Lipinski definition) is 5. The average molecular weight is 421 g/mol. The fourth-order valence-corrected chi connectivity index (χ4v) is 3.45. The summed E-state index contributed by atoms with van der Waals surface area (Å²) >= 11 is 0. The van der Waals surface area contributed by atoms with Crippen LogP contribution in [0, 0.1) is 5.92 Å². The predicted molar refractivity (Wildman–Crippen MR) is 99.9 cm³/mol. The SMILES string of the molecule is O=C(Cn1c(=O)oc2ccccc21)N1CCC(COc2cccc(C(F)(F)F)n2)C1. The third kappa shape index (κ3) is 4.17. The molecule has 0 spiro atoms. The van der Waals surface area contributed by atoms with Crippen LogP contribution < -0.4 is 10.5 Å².